The lowest BCUT2D eigenvalue weighted by Gasteiger charge is -1.97. The fourth-order valence-corrected chi connectivity index (χ4v) is 2.99. The van der Waals surface area contributed by atoms with E-state index in [9.17, 15) is 14.4 Å². The molecular weight excluding hydrogens is 421 g/mol. The van der Waals surface area contributed by atoms with Gasteiger partial charge in [0.2, 0.25) is 5.78 Å². The Hall–Kier alpha value is -1.45. The molecule has 3 rings (SSSR count). The Morgan fingerprint density at radius 1 is 1.25 bits per heavy atom. The molecule has 28 heavy (non-hydrogen) atoms. The maximum atomic E-state index is 11.1. The maximum Gasteiger partial charge on any atom is 0.375 e. The van der Waals surface area contributed by atoms with E-state index in [1.807, 2.05) is 0 Å². The summed E-state index contributed by atoms with van der Waals surface area (Å²) >= 11 is 11.1. The zero-order valence-corrected chi connectivity index (χ0v) is 17.9. The smallest absolute Gasteiger partial charge is 0.375 e. The molecule has 4 radical (unpaired) electrons. The minimum atomic E-state index is -1.29. The molecular formula is C16H19B2ClN2O5S2. The van der Waals surface area contributed by atoms with Gasteiger partial charge in [0.15, 0.2) is 5.69 Å². The third-order valence-electron chi connectivity index (χ3n) is 3.59. The number of hydrogen-bond donors (Lipinski definition) is 1. The van der Waals surface area contributed by atoms with E-state index in [2.05, 4.69) is 26.7 Å². The summed E-state index contributed by atoms with van der Waals surface area (Å²) in [5, 5.41) is -0.324. The van der Waals surface area contributed by atoms with Crippen molar-refractivity contribution >= 4 is 78.3 Å². The van der Waals surface area contributed by atoms with Crippen molar-refractivity contribution in [2.24, 2.45) is 11.7 Å². The van der Waals surface area contributed by atoms with E-state index in [1.54, 1.807) is 0 Å². The highest BCUT2D eigenvalue weighted by molar-refractivity contribution is 7.80. The average molecular weight is 441 g/mol. The van der Waals surface area contributed by atoms with Crippen molar-refractivity contribution in [3.8, 4) is 0 Å². The number of thiazole rings is 1. The number of alkyl halides is 1. The van der Waals surface area contributed by atoms with Gasteiger partial charge in [0.25, 0.3) is 0 Å². The standard InChI is InChI=1S/C8H8BNO2S.C4H4BClO3.C4H7NS/c1-12-8(11)5-6(9)13-7(10-5)4-2-3-4;1-9-4(8)2(7)3(5)6;5-4(6)3-1-2-3/h4H,2-3H2,1H3;3H,1H3;3H,1-2H2,(H2,5,6). The molecule has 12 heteroatoms. The van der Waals surface area contributed by atoms with E-state index in [1.165, 1.54) is 31.3 Å². The second-order valence-electron chi connectivity index (χ2n) is 5.97. The zero-order chi connectivity index (χ0) is 21.4. The minimum absolute atomic E-state index is 0.273. The van der Waals surface area contributed by atoms with Gasteiger partial charge in [-0.3, -0.25) is 4.79 Å². The SMILES string of the molecule is NC(=S)C1CC1.[B]C(Cl)C(=O)C(=O)OC.[B]c1sc(C2CC2)nc1C(=O)OC. The number of nitrogens with two attached hydrogens (primary N) is 1. The fraction of sp³-hybridized carbons (Fsp3) is 0.562. The highest BCUT2D eigenvalue weighted by atomic mass is 35.5. The van der Waals surface area contributed by atoms with Gasteiger partial charge in [0.1, 0.15) is 15.7 Å². The lowest BCUT2D eigenvalue weighted by molar-refractivity contribution is -0.150. The summed E-state index contributed by atoms with van der Waals surface area (Å²) in [6.07, 6.45) is 4.78. The molecule has 2 fully saturated rings. The molecule has 2 saturated carbocycles. The molecule has 2 aliphatic rings. The molecule has 148 valence electrons. The normalized spacial score (nSPS) is 15.7. The number of thiocarbonyl (C=S) groups is 1. The van der Waals surface area contributed by atoms with E-state index < -0.39 is 23.0 Å². The third kappa shape index (κ3) is 8.28. The van der Waals surface area contributed by atoms with Crippen LogP contribution >= 0.6 is 35.2 Å². The lowest BCUT2D eigenvalue weighted by atomic mass is 10.0. The largest absolute Gasteiger partial charge is 0.464 e. The number of nitrogens with zero attached hydrogens (tertiary/aromatic N) is 1. The second kappa shape index (κ2) is 11.5. The summed E-state index contributed by atoms with van der Waals surface area (Å²) in [4.78, 5) is 36.6. The van der Waals surface area contributed by atoms with Gasteiger partial charge in [0.05, 0.1) is 29.5 Å². The first-order valence-electron chi connectivity index (χ1n) is 8.27. The Bertz CT molecular complexity index is 737. The Morgan fingerprint density at radius 2 is 1.82 bits per heavy atom. The molecule has 0 bridgehead atoms. The number of halogens is 1. The minimum Gasteiger partial charge on any atom is -0.464 e. The van der Waals surface area contributed by atoms with Gasteiger partial charge < -0.3 is 15.2 Å². The number of ketones is 1. The van der Waals surface area contributed by atoms with E-state index in [0.29, 0.717) is 21.6 Å². The van der Waals surface area contributed by atoms with Gasteiger partial charge in [-0.25, -0.2) is 14.6 Å². The second-order valence-corrected chi connectivity index (χ2v) is 7.97. The van der Waals surface area contributed by atoms with Crippen LogP contribution in [0.3, 0.4) is 0 Å². The number of esters is 2. The van der Waals surface area contributed by atoms with Crippen molar-refractivity contribution in [1.29, 1.82) is 0 Å². The summed E-state index contributed by atoms with van der Waals surface area (Å²) in [6.45, 7) is 0. The molecule has 0 amide bonds. The number of carbonyl (C=O) groups excluding carboxylic acids is 3. The Kier molecular flexibility index (Phi) is 10.1. The number of ether oxygens (including phenoxy) is 2. The molecule has 2 N–H and O–H groups in total. The van der Waals surface area contributed by atoms with Crippen molar-refractivity contribution in [1.82, 2.24) is 4.98 Å². The van der Waals surface area contributed by atoms with Gasteiger partial charge in [-0.1, -0.05) is 12.2 Å². The molecule has 2 aliphatic carbocycles. The lowest BCUT2D eigenvalue weighted by Crippen LogP contribution is -2.25. The van der Waals surface area contributed by atoms with Crippen molar-refractivity contribution in [2.45, 2.75) is 36.9 Å². The zero-order valence-electron chi connectivity index (χ0n) is 15.5. The van der Waals surface area contributed by atoms with Gasteiger partial charge >= 0.3 is 11.9 Å². The van der Waals surface area contributed by atoms with Crippen LogP contribution in [0.2, 0.25) is 0 Å². The molecule has 0 saturated heterocycles. The van der Waals surface area contributed by atoms with E-state index in [0.717, 1.165) is 25.0 Å². The third-order valence-corrected chi connectivity index (χ3v) is 5.17. The summed E-state index contributed by atoms with van der Waals surface area (Å²) in [5.74, 6) is -1.25. The Balaban J connectivity index is 0.000000228. The Morgan fingerprint density at radius 3 is 2.11 bits per heavy atom. The number of Topliss-reactive ketones (excluding diaryl/α,β-unsaturated/α-hetero) is 1. The van der Waals surface area contributed by atoms with Crippen molar-refractivity contribution in [3.63, 3.8) is 0 Å². The first-order chi connectivity index (χ1) is 13.1. The van der Waals surface area contributed by atoms with Gasteiger partial charge in [-0.15, -0.1) is 22.9 Å². The Labute approximate surface area is 180 Å². The summed E-state index contributed by atoms with van der Waals surface area (Å²) in [5.41, 5.74) is 5.50. The summed E-state index contributed by atoms with van der Waals surface area (Å²) in [6, 6.07) is 0. The first-order valence-corrected chi connectivity index (χ1v) is 9.94. The van der Waals surface area contributed by atoms with Gasteiger partial charge in [-0.05, 0) is 30.5 Å². The molecule has 1 atom stereocenters. The highest BCUT2D eigenvalue weighted by Crippen LogP contribution is 2.40. The molecule has 1 unspecified atom stereocenters. The molecule has 0 aliphatic heterocycles. The van der Waals surface area contributed by atoms with Crippen LogP contribution in [0.4, 0.5) is 0 Å². The molecule has 7 nitrogen and oxygen atoms in total. The number of hydrogen-bond acceptors (Lipinski definition) is 8. The van der Waals surface area contributed by atoms with Crippen LogP contribution < -0.4 is 10.5 Å². The summed E-state index contributed by atoms with van der Waals surface area (Å²) < 4.78 is 9.04. The van der Waals surface area contributed by atoms with Crippen molar-refractivity contribution in [3.05, 3.63) is 10.7 Å². The topological polar surface area (TPSA) is 109 Å². The van der Waals surface area contributed by atoms with Crippen molar-refractivity contribution < 1.29 is 23.9 Å². The molecule has 1 aromatic rings. The summed E-state index contributed by atoms with van der Waals surface area (Å²) in [7, 11) is 12.9. The van der Waals surface area contributed by atoms with Crippen LogP contribution in [0, 0.1) is 5.92 Å². The molecule has 0 aromatic carbocycles. The van der Waals surface area contributed by atoms with E-state index in [-0.39, 0.29) is 5.69 Å². The van der Waals surface area contributed by atoms with Crippen LogP contribution in [-0.2, 0) is 19.1 Å². The maximum absolute atomic E-state index is 11.1. The highest BCUT2D eigenvalue weighted by Gasteiger charge is 2.28. The number of carbonyl (C=O) groups is 3. The quantitative estimate of drug-likeness (QED) is 0.235. The number of rotatable bonds is 5. The first kappa shape index (κ1) is 24.6. The predicted octanol–water partition coefficient (Wildman–Crippen LogP) is 0.745. The van der Waals surface area contributed by atoms with Crippen LogP contribution in [0.1, 0.15) is 47.1 Å². The fourth-order valence-electron chi connectivity index (χ4n) is 1.68. The van der Waals surface area contributed by atoms with Gasteiger partial charge in [0, 0.05) is 11.8 Å². The van der Waals surface area contributed by atoms with Crippen LogP contribution in [0.25, 0.3) is 0 Å². The van der Waals surface area contributed by atoms with E-state index in [4.69, 9.17) is 33.0 Å². The monoisotopic (exact) mass is 440 g/mol. The number of methoxy groups -OCH3 is 2. The van der Waals surface area contributed by atoms with Gasteiger partial charge in [-0.2, -0.15) is 0 Å². The van der Waals surface area contributed by atoms with Crippen LogP contribution in [0.15, 0.2) is 0 Å². The number of aromatic nitrogens is 1. The van der Waals surface area contributed by atoms with Crippen molar-refractivity contribution in [2.75, 3.05) is 14.2 Å². The van der Waals surface area contributed by atoms with Crippen LogP contribution in [-0.4, -0.2) is 62.9 Å². The molecule has 0 spiro atoms. The molecule has 1 heterocycles. The van der Waals surface area contributed by atoms with E-state index >= 15 is 0 Å². The van der Waals surface area contributed by atoms with Crippen LogP contribution in [0.5, 0.6) is 0 Å². The molecule has 1 aromatic heterocycles. The predicted molar refractivity (Wildman–Crippen MR) is 113 cm³/mol. The average Bonchev–Trinajstić information content (AvgIpc) is 3.57.